The highest BCUT2D eigenvalue weighted by Crippen LogP contribution is 2.46. The molecule has 0 radical (unpaired) electrons. The number of phenolic OH excluding ortho intramolecular Hbond substituents is 2. The topological polar surface area (TPSA) is 186 Å². The third-order valence-corrected chi connectivity index (χ3v) is 11.3. The van der Waals surface area contributed by atoms with Crippen molar-refractivity contribution >= 4 is 147 Å². The minimum atomic E-state index is -1.08. The number of ether oxygens (including phenoxy) is 2. The Labute approximate surface area is 345 Å². The van der Waals surface area contributed by atoms with E-state index in [0.29, 0.717) is 41.3 Å². The van der Waals surface area contributed by atoms with Gasteiger partial charge in [-0.05, 0) is 208 Å². The first-order valence-corrected chi connectivity index (χ1v) is 19.4. The Bertz CT molecular complexity index is 1680. The first-order valence-electron chi connectivity index (χ1n) is 12.9. The van der Waals surface area contributed by atoms with Gasteiger partial charge in [0.05, 0.1) is 21.4 Å². The molecular weight excluding hydrogens is 1280 g/mol. The molecular formula is C30H22I6N2O8. The number of rotatable bonds is 11. The summed E-state index contributed by atoms with van der Waals surface area (Å²) in [6, 6.07) is 11.8. The van der Waals surface area contributed by atoms with E-state index in [-0.39, 0.29) is 24.3 Å². The van der Waals surface area contributed by atoms with Crippen LogP contribution in [0.15, 0.2) is 48.5 Å². The molecule has 8 N–H and O–H groups in total. The number of carbonyl (C=O) groups is 2. The average molecular weight is 1300 g/mol. The summed E-state index contributed by atoms with van der Waals surface area (Å²) >= 11 is 12.5. The van der Waals surface area contributed by atoms with Crippen LogP contribution in [0, 0.1) is 21.4 Å². The van der Waals surface area contributed by atoms with Crippen LogP contribution in [0.25, 0.3) is 11.1 Å². The summed E-state index contributed by atoms with van der Waals surface area (Å²) < 4.78 is 16.5. The highest BCUT2D eigenvalue weighted by molar-refractivity contribution is 14.1. The molecule has 2 atom stereocenters. The van der Waals surface area contributed by atoms with E-state index in [1.165, 1.54) is 0 Å². The van der Waals surface area contributed by atoms with Gasteiger partial charge in [-0.15, -0.1) is 0 Å². The van der Waals surface area contributed by atoms with Crippen molar-refractivity contribution in [2.75, 3.05) is 0 Å². The summed E-state index contributed by atoms with van der Waals surface area (Å²) in [5, 5.41) is 40.6. The smallest absolute Gasteiger partial charge is 0.320 e. The number of nitrogens with two attached hydrogens (primary N) is 2. The number of hydrogen-bond acceptors (Lipinski definition) is 8. The zero-order valence-electron chi connectivity index (χ0n) is 23.0. The molecule has 16 heteroatoms. The zero-order valence-corrected chi connectivity index (χ0v) is 36.0. The highest BCUT2D eigenvalue weighted by Gasteiger charge is 2.22. The van der Waals surface area contributed by atoms with E-state index in [1.54, 1.807) is 24.3 Å². The summed E-state index contributed by atoms with van der Waals surface area (Å²) in [6.45, 7) is 0. The van der Waals surface area contributed by atoms with Crippen molar-refractivity contribution in [3.05, 3.63) is 81.1 Å². The van der Waals surface area contributed by atoms with E-state index in [9.17, 15) is 30.0 Å². The van der Waals surface area contributed by atoms with Crippen LogP contribution in [0.1, 0.15) is 11.1 Å². The molecule has 0 saturated carbocycles. The maximum atomic E-state index is 11.2. The Morgan fingerprint density at radius 2 is 0.870 bits per heavy atom. The molecule has 4 aromatic rings. The van der Waals surface area contributed by atoms with Crippen LogP contribution < -0.4 is 20.9 Å². The molecule has 0 amide bonds. The van der Waals surface area contributed by atoms with Gasteiger partial charge in [-0.25, -0.2) is 0 Å². The van der Waals surface area contributed by atoms with Gasteiger partial charge >= 0.3 is 11.9 Å². The van der Waals surface area contributed by atoms with Crippen molar-refractivity contribution < 1.29 is 39.5 Å². The van der Waals surface area contributed by atoms with Crippen molar-refractivity contribution in [2.45, 2.75) is 24.9 Å². The van der Waals surface area contributed by atoms with E-state index < -0.39 is 24.0 Å². The molecule has 0 fully saturated rings. The van der Waals surface area contributed by atoms with Gasteiger partial charge in [0.1, 0.15) is 35.1 Å². The SMILES string of the molecule is N[C@@H](Cc1cc(I)c(Oc2cc(I)c(O)c(-c3cc(Oc4c(I)cc(C[C@H](N)C(=O)O)cc4I)cc(I)c3O)c2)c(I)c1)C(=O)O. The van der Waals surface area contributed by atoms with E-state index in [1.807, 2.05) is 69.4 Å². The summed E-state index contributed by atoms with van der Waals surface area (Å²) in [5.74, 6) is -0.355. The van der Waals surface area contributed by atoms with Crippen molar-refractivity contribution in [3.8, 4) is 45.6 Å². The molecule has 46 heavy (non-hydrogen) atoms. The van der Waals surface area contributed by atoms with E-state index in [0.717, 1.165) is 25.4 Å². The van der Waals surface area contributed by atoms with Crippen molar-refractivity contribution in [3.63, 3.8) is 0 Å². The molecule has 0 aromatic heterocycles. The minimum absolute atomic E-state index is 0.0538. The molecule has 0 unspecified atom stereocenters. The van der Waals surface area contributed by atoms with Gasteiger partial charge in [0.2, 0.25) is 0 Å². The molecule has 4 rings (SSSR count). The maximum absolute atomic E-state index is 11.2. The second kappa shape index (κ2) is 16.4. The standard InChI is InChI=1S/C30H22I6N2O8/c31-17-9-13(45-27-19(33)1-11(2-20(27)34)5-23(37)29(41)42)7-15(25(17)39)16-8-14(10-18(32)26(16)40)46-28-21(35)3-12(4-22(28)36)6-24(38)30(43)44/h1-4,7-10,23-24,39-40H,5-6,37-38H2,(H,41,42)(H,43,44)/t23-,24-/m0/s1. The Morgan fingerprint density at radius 1 is 0.565 bits per heavy atom. The first-order chi connectivity index (χ1) is 21.5. The zero-order chi connectivity index (χ0) is 34.0. The average Bonchev–Trinajstić information content (AvgIpc) is 2.96. The summed E-state index contributed by atoms with van der Waals surface area (Å²) in [4.78, 5) is 22.4. The van der Waals surface area contributed by atoms with Crippen LogP contribution in [0.5, 0.6) is 34.5 Å². The normalized spacial score (nSPS) is 12.4. The Morgan fingerprint density at radius 3 is 1.15 bits per heavy atom. The van der Waals surface area contributed by atoms with Crippen LogP contribution in [0.4, 0.5) is 0 Å². The molecule has 10 nitrogen and oxygen atoms in total. The predicted octanol–water partition coefficient (Wildman–Crippen LogP) is 7.89. The Hall–Kier alpha value is -0.680. The van der Waals surface area contributed by atoms with Gasteiger partial charge in [0.25, 0.3) is 0 Å². The quantitative estimate of drug-likeness (QED) is 0.0808. The van der Waals surface area contributed by atoms with E-state index in [4.69, 9.17) is 20.9 Å². The van der Waals surface area contributed by atoms with Crippen LogP contribution in [0.3, 0.4) is 0 Å². The fourth-order valence-corrected chi connectivity index (χ4v) is 9.68. The summed E-state index contributed by atoms with van der Waals surface area (Å²) in [7, 11) is 0. The van der Waals surface area contributed by atoms with Crippen LogP contribution in [-0.4, -0.2) is 44.4 Å². The third-order valence-electron chi connectivity index (χ3n) is 6.47. The molecule has 242 valence electrons. The number of hydrogen-bond donors (Lipinski definition) is 6. The number of carboxylic acids is 2. The van der Waals surface area contributed by atoms with Crippen molar-refractivity contribution in [1.82, 2.24) is 0 Å². The predicted molar refractivity (Wildman–Crippen MR) is 223 cm³/mol. The van der Waals surface area contributed by atoms with Gasteiger partial charge in [-0.3, -0.25) is 9.59 Å². The highest BCUT2D eigenvalue weighted by atomic mass is 127. The molecule has 0 heterocycles. The van der Waals surface area contributed by atoms with E-state index in [2.05, 4.69) is 90.4 Å². The lowest BCUT2D eigenvalue weighted by atomic mass is 10.0. The largest absolute Gasteiger partial charge is 0.506 e. The molecule has 0 spiro atoms. The molecule has 0 aliphatic heterocycles. The Balaban J connectivity index is 1.69. The third kappa shape index (κ3) is 9.30. The van der Waals surface area contributed by atoms with Gasteiger partial charge in [0, 0.05) is 11.1 Å². The van der Waals surface area contributed by atoms with Crippen molar-refractivity contribution in [1.29, 1.82) is 0 Å². The number of aliphatic carboxylic acids is 2. The monoisotopic (exact) mass is 1300 g/mol. The van der Waals surface area contributed by atoms with Crippen LogP contribution in [0.2, 0.25) is 0 Å². The number of aromatic hydroxyl groups is 2. The summed E-state index contributed by atoms with van der Waals surface area (Å²) in [5.41, 5.74) is 13.6. The maximum Gasteiger partial charge on any atom is 0.320 e. The Kier molecular flexibility index (Phi) is 13.6. The second-order valence-electron chi connectivity index (χ2n) is 9.88. The molecule has 0 aliphatic rings. The number of halogens is 6. The number of benzene rings is 4. The fourth-order valence-electron chi connectivity index (χ4n) is 4.25. The lowest BCUT2D eigenvalue weighted by Crippen LogP contribution is -2.32. The summed E-state index contributed by atoms with van der Waals surface area (Å²) in [6.07, 6.45) is 0.334. The van der Waals surface area contributed by atoms with Gasteiger partial charge in [0.15, 0.2) is 11.5 Å². The van der Waals surface area contributed by atoms with Gasteiger partial charge in [-0.1, -0.05) is 0 Å². The van der Waals surface area contributed by atoms with Crippen molar-refractivity contribution in [2.24, 2.45) is 11.5 Å². The minimum Gasteiger partial charge on any atom is -0.506 e. The van der Waals surface area contributed by atoms with E-state index >= 15 is 0 Å². The van der Waals surface area contributed by atoms with Crippen LogP contribution >= 0.6 is 136 Å². The molecule has 4 aromatic carbocycles. The number of carboxylic acid groups (broad SMARTS) is 2. The van der Waals surface area contributed by atoms with Gasteiger partial charge < -0.3 is 41.4 Å². The second-order valence-corrected chi connectivity index (χ2v) is 16.9. The fraction of sp³-hybridized carbons (Fsp3) is 0.133. The molecule has 0 saturated heterocycles. The van der Waals surface area contributed by atoms with Gasteiger partial charge in [-0.2, -0.15) is 0 Å². The lowest BCUT2D eigenvalue weighted by Gasteiger charge is -2.17. The van der Waals surface area contributed by atoms with Crippen LogP contribution in [-0.2, 0) is 22.4 Å². The first kappa shape index (κ1) is 38.1. The molecule has 0 aliphatic carbocycles. The molecule has 0 bridgehead atoms. The lowest BCUT2D eigenvalue weighted by molar-refractivity contribution is -0.139. The number of phenols is 2.